The van der Waals surface area contributed by atoms with Gasteiger partial charge in [-0.25, -0.2) is 4.99 Å². The molecule has 0 saturated heterocycles. The maximum Gasteiger partial charge on any atom is 0.343 e. The zero-order valence-electron chi connectivity index (χ0n) is 8.18. The van der Waals surface area contributed by atoms with Crippen LogP contribution in [0.15, 0.2) is 24.3 Å². The lowest BCUT2D eigenvalue weighted by Crippen LogP contribution is -2.72. The van der Waals surface area contributed by atoms with Crippen molar-refractivity contribution in [3.8, 4) is 0 Å². The second-order valence-electron chi connectivity index (χ2n) is 2.68. The van der Waals surface area contributed by atoms with Crippen molar-refractivity contribution >= 4 is 11.6 Å². The highest BCUT2D eigenvalue weighted by molar-refractivity contribution is 5.70. The highest BCUT2D eigenvalue weighted by Crippen LogP contribution is 2.00. The molecule has 1 aromatic rings. The molecular weight excluding hydrogens is 200 g/mol. The van der Waals surface area contributed by atoms with Crippen molar-refractivity contribution in [2.45, 2.75) is 6.92 Å². The summed E-state index contributed by atoms with van der Waals surface area (Å²) in [5.41, 5.74) is 12.6. The van der Waals surface area contributed by atoms with Crippen LogP contribution >= 0.6 is 0 Å². The molecule has 0 aromatic heterocycles. The third kappa shape index (κ3) is 8.03. The first-order chi connectivity index (χ1) is 6.91. The number of rotatable bonds is 1. The Hall–Kier alpha value is -2.31. The number of hydrogen-bond acceptors (Lipinski definition) is 2. The van der Waals surface area contributed by atoms with E-state index in [1.54, 1.807) is 0 Å². The van der Waals surface area contributed by atoms with Gasteiger partial charge in [-0.3, -0.25) is 11.5 Å². The van der Waals surface area contributed by atoms with E-state index in [0.717, 1.165) is 5.69 Å². The summed E-state index contributed by atoms with van der Waals surface area (Å²) < 4.78 is 0. The molecule has 0 spiro atoms. The van der Waals surface area contributed by atoms with Crippen molar-refractivity contribution in [3.05, 3.63) is 39.9 Å². The minimum atomic E-state index is -1.50. The number of aryl methyl sites for hydroxylation is 1. The van der Waals surface area contributed by atoms with Crippen molar-refractivity contribution in [2.24, 2.45) is 11.5 Å². The quantitative estimate of drug-likeness (QED) is 0.198. The smallest absolute Gasteiger partial charge is 0.328 e. The third-order valence-corrected chi connectivity index (χ3v) is 1.34. The highest BCUT2D eigenvalue weighted by Gasteiger charge is 1.90. The zero-order valence-corrected chi connectivity index (χ0v) is 8.18. The molecule has 0 unspecified atom stereocenters. The summed E-state index contributed by atoms with van der Waals surface area (Å²) in [6, 6.07) is 7.83. The maximum atomic E-state index is 8.36. The van der Waals surface area contributed by atoms with Gasteiger partial charge in [0.15, 0.2) is 0 Å². The van der Waals surface area contributed by atoms with E-state index in [-0.39, 0.29) is 5.96 Å². The van der Waals surface area contributed by atoms with Crippen LogP contribution in [-0.4, -0.2) is 16.3 Å². The van der Waals surface area contributed by atoms with Crippen LogP contribution < -0.4 is 16.5 Å². The molecule has 0 bridgehead atoms. The average molecular weight is 213 g/mol. The number of hydrogen-bond donors (Lipinski definition) is 4. The van der Waals surface area contributed by atoms with Crippen molar-refractivity contribution in [2.75, 3.05) is 0 Å². The Morgan fingerprint density at radius 2 is 1.80 bits per heavy atom. The van der Waals surface area contributed by atoms with E-state index in [0.29, 0.717) is 0 Å². The SMILES string of the molecule is Cc1ccc([NH+]=C(N)N)cc1.O=[N+]([O-])O. The minimum Gasteiger partial charge on any atom is -0.328 e. The van der Waals surface area contributed by atoms with Crippen molar-refractivity contribution in [3.63, 3.8) is 0 Å². The van der Waals surface area contributed by atoms with Gasteiger partial charge in [-0.1, -0.05) is 17.7 Å². The first-order valence-electron chi connectivity index (χ1n) is 3.96. The monoisotopic (exact) mass is 213 g/mol. The molecule has 0 heterocycles. The first-order valence-corrected chi connectivity index (χ1v) is 3.96. The Kier molecular flexibility index (Phi) is 5.24. The van der Waals surface area contributed by atoms with Crippen LogP contribution in [0.1, 0.15) is 5.56 Å². The van der Waals surface area contributed by atoms with E-state index in [1.165, 1.54) is 5.56 Å². The molecule has 6 N–H and O–H groups in total. The van der Waals surface area contributed by atoms with Gasteiger partial charge < -0.3 is 5.21 Å². The standard InChI is InChI=1S/C8H11N3.HNO3/c1-6-2-4-7(5-3-6)11-8(9)10;2-1(3)4/h2-5H,1H3,(H4,9,10,11);(H,2,3,4)/p+1. The number of nitrogens with one attached hydrogen (secondary N) is 1. The molecule has 82 valence electrons. The molecule has 7 heteroatoms. The van der Waals surface area contributed by atoms with Gasteiger partial charge in [-0.15, -0.1) is 10.1 Å². The van der Waals surface area contributed by atoms with Gasteiger partial charge in [0.2, 0.25) is 0 Å². The first kappa shape index (κ1) is 12.7. The molecule has 0 radical (unpaired) electrons. The summed E-state index contributed by atoms with van der Waals surface area (Å²) in [6.45, 7) is 2.03. The van der Waals surface area contributed by atoms with Crippen LogP contribution in [0.4, 0.5) is 5.69 Å². The lowest BCUT2D eigenvalue weighted by molar-refractivity contribution is -0.742. The number of nitrogens with zero attached hydrogens (tertiary/aromatic N) is 1. The molecule has 0 fully saturated rings. The molecule has 1 aromatic carbocycles. The van der Waals surface area contributed by atoms with Gasteiger partial charge in [0, 0.05) is 0 Å². The van der Waals surface area contributed by atoms with Crippen molar-refractivity contribution in [1.82, 2.24) is 0 Å². The molecule has 0 atom stereocenters. The molecule has 0 aliphatic carbocycles. The van der Waals surface area contributed by atoms with Gasteiger partial charge in [0.1, 0.15) is 0 Å². The van der Waals surface area contributed by atoms with E-state index in [1.807, 2.05) is 31.2 Å². The highest BCUT2D eigenvalue weighted by atomic mass is 16.9. The fraction of sp³-hybridized carbons (Fsp3) is 0.125. The van der Waals surface area contributed by atoms with E-state index in [2.05, 4.69) is 4.99 Å². The second kappa shape index (κ2) is 6.19. The summed E-state index contributed by atoms with van der Waals surface area (Å²) in [5.74, 6) is 0.217. The molecule has 0 aliphatic rings. The molecular formula is C8H13N4O3+. The molecule has 0 amide bonds. The second-order valence-corrected chi connectivity index (χ2v) is 2.68. The lowest BCUT2D eigenvalue weighted by Gasteiger charge is -1.92. The minimum absolute atomic E-state index is 0.217. The Balaban J connectivity index is 0.000000423. The van der Waals surface area contributed by atoms with Crippen LogP contribution in [0.3, 0.4) is 0 Å². The zero-order chi connectivity index (χ0) is 11.8. The van der Waals surface area contributed by atoms with Gasteiger partial charge >= 0.3 is 5.96 Å². The van der Waals surface area contributed by atoms with Crippen LogP contribution in [0.2, 0.25) is 0 Å². The Morgan fingerprint density at radius 3 is 2.13 bits per heavy atom. The van der Waals surface area contributed by atoms with Crippen LogP contribution in [0.25, 0.3) is 0 Å². The van der Waals surface area contributed by atoms with Crippen molar-refractivity contribution < 1.29 is 15.3 Å². The summed E-state index contributed by atoms with van der Waals surface area (Å²) in [6.07, 6.45) is 0. The number of nitrogens with two attached hydrogens (primary N) is 2. The predicted molar refractivity (Wildman–Crippen MR) is 54.0 cm³/mol. The summed E-state index contributed by atoms with van der Waals surface area (Å²) in [7, 11) is 0. The number of benzene rings is 1. The summed E-state index contributed by atoms with van der Waals surface area (Å²) >= 11 is 0. The Morgan fingerprint density at radius 1 is 1.40 bits per heavy atom. The molecule has 7 nitrogen and oxygen atoms in total. The number of guanidine groups is 1. The van der Waals surface area contributed by atoms with Gasteiger partial charge in [0.25, 0.3) is 5.09 Å². The largest absolute Gasteiger partial charge is 0.343 e. The van der Waals surface area contributed by atoms with Crippen LogP contribution in [0.5, 0.6) is 0 Å². The predicted octanol–water partition coefficient (Wildman–Crippen LogP) is -1.37. The van der Waals surface area contributed by atoms with Gasteiger partial charge in [-0.05, 0) is 19.1 Å². The molecule has 15 heavy (non-hydrogen) atoms. The maximum absolute atomic E-state index is 8.36. The fourth-order valence-electron chi connectivity index (χ4n) is 0.804. The fourth-order valence-corrected chi connectivity index (χ4v) is 0.804. The normalized spacial score (nSPS) is 8.33. The van der Waals surface area contributed by atoms with Gasteiger partial charge in [0.05, 0.1) is 5.69 Å². The van der Waals surface area contributed by atoms with Crippen LogP contribution in [0, 0.1) is 17.0 Å². The van der Waals surface area contributed by atoms with Crippen molar-refractivity contribution in [1.29, 1.82) is 0 Å². The van der Waals surface area contributed by atoms with Gasteiger partial charge in [-0.2, -0.15) is 0 Å². The summed E-state index contributed by atoms with van der Waals surface area (Å²) in [5, 5.41) is 13.6. The van der Waals surface area contributed by atoms with E-state index in [9.17, 15) is 0 Å². The third-order valence-electron chi connectivity index (χ3n) is 1.34. The van der Waals surface area contributed by atoms with Crippen LogP contribution in [-0.2, 0) is 0 Å². The molecule has 1 rings (SSSR count). The summed E-state index contributed by atoms with van der Waals surface area (Å²) in [4.78, 5) is 11.2. The van der Waals surface area contributed by atoms with E-state index >= 15 is 0 Å². The molecule has 0 aliphatic heterocycles. The topological polar surface area (TPSA) is 129 Å². The Bertz CT molecular complexity index is 339. The Labute approximate surface area is 86.1 Å². The average Bonchev–Trinajstić information content (AvgIpc) is 2.07. The van der Waals surface area contributed by atoms with E-state index in [4.69, 9.17) is 26.8 Å². The lowest BCUT2D eigenvalue weighted by atomic mass is 10.2. The van der Waals surface area contributed by atoms with E-state index < -0.39 is 5.09 Å². The molecule has 0 saturated carbocycles.